The SMILES string of the molecule is C1CCc2oc(CC3CCCN3)nc2C1. The van der Waals surface area contributed by atoms with Gasteiger partial charge < -0.3 is 9.73 Å². The first-order valence-electron chi connectivity index (χ1n) is 6.12. The number of hydrogen-bond donors (Lipinski definition) is 1. The van der Waals surface area contributed by atoms with Crippen molar-refractivity contribution in [2.75, 3.05) is 6.54 Å². The van der Waals surface area contributed by atoms with Crippen molar-refractivity contribution in [3.8, 4) is 0 Å². The molecule has 15 heavy (non-hydrogen) atoms. The zero-order valence-electron chi connectivity index (χ0n) is 9.09. The minimum absolute atomic E-state index is 0.602. The number of nitrogens with one attached hydrogen (secondary N) is 1. The third-order valence-electron chi connectivity index (χ3n) is 3.47. The third-order valence-corrected chi connectivity index (χ3v) is 3.47. The highest BCUT2D eigenvalue weighted by Gasteiger charge is 2.21. The lowest BCUT2D eigenvalue weighted by Crippen LogP contribution is -2.23. The molecule has 0 radical (unpaired) electrons. The average molecular weight is 206 g/mol. The predicted molar refractivity (Wildman–Crippen MR) is 57.9 cm³/mol. The number of fused-ring (bicyclic) bond motifs is 1. The Balaban J connectivity index is 1.72. The monoisotopic (exact) mass is 206 g/mol. The lowest BCUT2D eigenvalue weighted by molar-refractivity contribution is 0.418. The van der Waals surface area contributed by atoms with Gasteiger partial charge in [-0.2, -0.15) is 0 Å². The number of nitrogens with zero attached hydrogens (tertiary/aromatic N) is 1. The topological polar surface area (TPSA) is 38.1 Å². The van der Waals surface area contributed by atoms with Crippen LogP contribution in [0, 0.1) is 0 Å². The lowest BCUT2D eigenvalue weighted by atomic mass is 10.0. The van der Waals surface area contributed by atoms with Crippen LogP contribution >= 0.6 is 0 Å². The molecule has 1 unspecified atom stereocenters. The summed E-state index contributed by atoms with van der Waals surface area (Å²) in [6, 6.07) is 0.602. The van der Waals surface area contributed by atoms with E-state index in [9.17, 15) is 0 Å². The van der Waals surface area contributed by atoms with Gasteiger partial charge in [0.15, 0.2) is 5.89 Å². The molecule has 0 aromatic carbocycles. The van der Waals surface area contributed by atoms with E-state index in [1.54, 1.807) is 0 Å². The predicted octanol–water partition coefficient (Wildman–Crippen LogP) is 1.85. The van der Waals surface area contributed by atoms with Crippen molar-refractivity contribution in [1.29, 1.82) is 0 Å². The highest BCUT2D eigenvalue weighted by Crippen LogP contribution is 2.23. The molecule has 3 nitrogen and oxygen atoms in total. The molecule has 1 aromatic rings. The van der Waals surface area contributed by atoms with Crippen LogP contribution in [0.15, 0.2) is 4.42 Å². The summed E-state index contributed by atoms with van der Waals surface area (Å²) in [6.45, 7) is 1.16. The normalized spacial score (nSPS) is 25.5. The van der Waals surface area contributed by atoms with Gasteiger partial charge in [-0.1, -0.05) is 0 Å². The van der Waals surface area contributed by atoms with E-state index >= 15 is 0 Å². The molecule has 82 valence electrons. The van der Waals surface area contributed by atoms with Crippen molar-refractivity contribution >= 4 is 0 Å². The fraction of sp³-hybridized carbons (Fsp3) is 0.750. The van der Waals surface area contributed by atoms with Gasteiger partial charge in [0.25, 0.3) is 0 Å². The van der Waals surface area contributed by atoms with Crippen LogP contribution < -0.4 is 5.32 Å². The Morgan fingerprint density at radius 2 is 2.20 bits per heavy atom. The third kappa shape index (κ3) is 1.93. The maximum atomic E-state index is 5.82. The average Bonchev–Trinajstić information content (AvgIpc) is 2.86. The van der Waals surface area contributed by atoms with Crippen molar-refractivity contribution in [1.82, 2.24) is 10.3 Å². The molecule has 2 heterocycles. The lowest BCUT2D eigenvalue weighted by Gasteiger charge is -2.06. The Hall–Kier alpha value is -0.830. The van der Waals surface area contributed by atoms with Crippen molar-refractivity contribution in [3.63, 3.8) is 0 Å². The van der Waals surface area contributed by atoms with E-state index < -0.39 is 0 Å². The summed E-state index contributed by atoms with van der Waals surface area (Å²) in [5, 5.41) is 3.49. The van der Waals surface area contributed by atoms with E-state index in [0.717, 1.165) is 37.5 Å². The standard InChI is InChI=1S/C12H18N2O/c1-2-6-11-10(5-1)14-12(15-11)8-9-4-3-7-13-9/h9,13H,1-8H2. The van der Waals surface area contributed by atoms with Gasteiger partial charge in [0, 0.05) is 18.9 Å². The second-order valence-corrected chi connectivity index (χ2v) is 4.68. The van der Waals surface area contributed by atoms with Crippen molar-refractivity contribution < 1.29 is 4.42 Å². The van der Waals surface area contributed by atoms with Crippen LogP contribution in [0.5, 0.6) is 0 Å². The largest absolute Gasteiger partial charge is 0.445 e. The maximum Gasteiger partial charge on any atom is 0.196 e. The molecule has 1 aliphatic heterocycles. The van der Waals surface area contributed by atoms with Gasteiger partial charge in [-0.3, -0.25) is 0 Å². The first-order valence-corrected chi connectivity index (χ1v) is 6.12. The molecule has 2 aliphatic rings. The summed E-state index contributed by atoms with van der Waals surface area (Å²) < 4.78 is 5.82. The quantitative estimate of drug-likeness (QED) is 0.802. The van der Waals surface area contributed by atoms with Gasteiger partial charge in [0.1, 0.15) is 5.76 Å². The van der Waals surface area contributed by atoms with Crippen LogP contribution in [-0.2, 0) is 19.3 Å². The van der Waals surface area contributed by atoms with E-state index in [0.29, 0.717) is 6.04 Å². The van der Waals surface area contributed by atoms with E-state index in [1.165, 1.54) is 31.4 Å². The van der Waals surface area contributed by atoms with Crippen LogP contribution in [0.4, 0.5) is 0 Å². The summed E-state index contributed by atoms with van der Waals surface area (Å²) in [5.74, 6) is 2.12. The molecule has 1 N–H and O–H groups in total. The first-order chi connectivity index (χ1) is 7.42. The smallest absolute Gasteiger partial charge is 0.196 e. The highest BCUT2D eigenvalue weighted by atomic mass is 16.4. The van der Waals surface area contributed by atoms with Gasteiger partial charge >= 0.3 is 0 Å². The Morgan fingerprint density at radius 1 is 1.27 bits per heavy atom. The van der Waals surface area contributed by atoms with Gasteiger partial charge in [0.05, 0.1) is 5.69 Å². The minimum atomic E-state index is 0.602. The van der Waals surface area contributed by atoms with Crippen LogP contribution in [0.3, 0.4) is 0 Å². The van der Waals surface area contributed by atoms with E-state index in [2.05, 4.69) is 10.3 Å². The highest BCUT2D eigenvalue weighted by molar-refractivity contribution is 5.13. The molecule has 3 rings (SSSR count). The molecule has 0 amide bonds. The maximum absolute atomic E-state index is 5.82. The summed E-state index contributed by atoms with van der Waals surface area (Å²) >= 11 is 0. The van der Waals surface area contributed by atoms with Crippen LogP contribution in [-0.4, -0.2) is 17.6 Å². The number of hydrogen-bond acceptors (Lipinski definition) is 3. The Kier molecular flexibility index (Phi) is 2.49. The summed E-state index contributed by atoms with van der Waals surface area (Å²) in [4.78, 5) is 4.61. The van der Waals surface area contributed by atoms with Crippen molar-refractivity contribution in [2.24, 2.45) is 0 Å². The van der Waals surface area contributed by atoms with Crippen LogP contribution in [0.25, 0.3) is 0 Å². The van der Waals surface area contributed by atoms with E-state index in [-0.39, 0.29) is 0 Å². The van der Waals surface area contributed by atoms with Crippen LogP contribution in [0.2, 0.25) is 0 Å². The second kappa shape index (κ2) is 3.97. The fourth-order valence-electron chi connectivity index (χ4n) is 2.63. The zero-order chi connectivity index (χ0) is 10.1. The molecular weight excluding hydrogens is 188 g/mol. The van der Waals surface area contributed by atoms with Crippen LogP contribution in [0.1, 0.15) is 43.0 Å². The molecule has 1 atom stereocenters. The van der Waals surface area contributed by atoms with Crippen molar-refractivity contribution in [2.45, 2.75) is 51.0 Å². The number of rotatable bonds is 2. The molecule has 0 spiro atoms. The van der Waals surface area contributed by atoms with Crippen molar-refractivity contribution in [3.05, 3.63) is 17.3 Å². The molecule has 0 bridgehead atoms. The molecule has 0 saturated carbocycles. The molecule has 1 saturated heterocycles. The van der Waals surface area contributed by atoms with Gasteiger partial charge in [-0.05, 0) is 38.6 Å². The zero-order valence-corrected chi connectivity index (χ0v) is 9.09. The summed E-state index contributed by atoms with van der Waals surface area (Å²) in [5.41, 5.74) is 1.23. The Morgan fingerprint density at radius 3 is 3.00 bits per heavy atom. The first kappa shape index (κ1) is 9.40. The summed E-state index contributed by atoms with van der Waals surface area (Å²) in [7, 11) is 0. The summed E-state index contributed by atoms with van der Waals surface area (Å²) in [6.07, 6.45) is 8.31. The Labute approximate surface area is 90.3 Å². The van der Waals surface area contributed by atoms with E-state index in [1.807, 2.05) is 0 Å². The molecule has 3 heteroatoms. The molecule has 1 aromatic heterocycles. The molecule has 1 aliphatic carbocycles. The fourth-order valence-corrected chi connectivity index (χ4v) is 2.63. The number of aromatic nitrogens is 1. The van der Waals surface area contributed by atoms with E-state index in [4.69, 9.17) is 4.42 Å². The minimum Gasteiger partial charge on any atom is -0.445 e. The van der Waals surface area contributed by atoms with Gasteiger partial charge in [-0.15, -0.1) is 0 Å². The molecule has 1 fully saturated rings. The van der Waals surface area contributed by atoms with Gasteiger partial charge in [0.2, 0.25) is 0 Å². The number of oxazole rings is 1. The number of aryl methyl sites for hydroxylation is 2. The van der Waals surface area contributed by atoms with Gasteiger partial charge in [-0.25, -0.2) is 4.98 Å². The Bertz CT molecular complexity index is 316. The second-order valence-electron chi connectivity index (χ2n) is 4.68. The molecular formula is C12H18N2O.